The van der Waals surface area contributed by atoms with Gasteiger partial charge in [0.1, 0.15) is 18.1 Å². The molecule has 0 aliphatic carbocycles. The third kappa shape index (κ3) is 8.06. The van der Waals surface area contributed by atoms with E-state index in [2.05, 4.69) is 25.9 Å². The second-order valence-corrected chi connectivity index (χ2v) is 11.2. The highest BCUT2D eigenvalue weighted by Gasteiger charge is 2.33. The molecule has 2 aromatic heterocycles. The van der Waals surface area contributed by atoms with Gasteiger partial charge < -0.3 is 42.5 Å². The minimum Gasteiger partial charge on any atom is -0.480 e. The topological polar surface area (TPSA) is 225 Å². The summed E-state index contributed by atoms with van der Waals surface area (Å²) in [4.78, 5) is 70.1. The lowest BCUT2D eigenvalue weighted by Gasteiger charge is -2.27. The molecule has 10 N–H and O–H groups in total. The number of benzene rings is 2. The number of rotatable bonds is 15. The first-order chi connectivity index (χ1) is 21.5. The van der Waals surface area contributed by atoms with E-state index in [1.807, 2.05) is 55.5 Å². The number of H-pyrrole nitrogens is 2. The van der Waals surface area contributed by atoms with Crippen LogP contribution in [0.15, 0.2) is 60.9 Å². The van der Waals surface area contributed by atoms with E-state index in [1.165, 1.54) is 0 Å². The molecule has 2 heterocycles. The Balaban J connectivity index is 1.45. The Morgan fingerprint density at radius 1 is 0.778 bits per heavy atom. The van der Waals surface area contributed by atoms with Crippen LogP contribution in [-0.2, 0) is 36.8 Å². The molecule has 0 fully saturated rings. The van der Waals surface area contributed by atoms with Crippen molar-refractivity contribution in [2.24, 2.45) is 17.4 Å². The Morgan fingerprint density at radius 3 is 1.84 bits per heavy atom. The van der Waals surface area contributed by atoms with Crippen LogP contribution in [0.3, 0.4) is 0 Å². The molecule has 0 saturated carbocycles. The molecule has 4 amide bonds. The molecule has 4 aromatic rings. The molecule has 45 heavy (non-hydrogen) atoms. The minimum atomic E-state index is -1.48. The zero-order chi connectivity index (χ0) is 32.7. The SMILES string of the molecule is CCC(C)C(NC(=O)C(N)Cc1c[nH]c2ccccc12)C(=O)NC(CC(N)=O)C(=O)NC(Cc1c[nH]c2ccccc12)C(=O)O. The highest BCUT2D eigenvalue weighted by Crippen LogP contribution is 2.20. The second-order valence-electron chi connectivity index (χ2n) is 11.2. The molecular formula is C32H39N7O6. The van der Waals surface area contributed by atoms with Gasteiger partial charge in [-0.3, -0.25) is 19.2 Å². The third-order valence-electron chi connectivity index (χ3n) is 8.00. The summed E-state index contributed by atoms with van der Waals surface area (Å²) in [6, 6.07) is 10.00. The quantitative estimate of drug-likeness (QED) is 0.0972. The summed E-state index contributed by atoms with van der Waals surface area (Å²) in [5, 5.41) is 19.2. The number of aliphatic carboxylic acids is 1. The summed E-state index contributed by atoms with van der Waals surface area (Å²) in [6.45, 7) is 3.58. The first-order valence-electron chi connectivity index (χ1n) is 14.8. The van der Waals surface area contributed by atoms with Crippen LogP contribution in [0, 0.1) is 5.92 Å². The maximum atomic E-state index is 13.5. The molecule has 0 spiro atoms. The number of primary amides is 1. The van der Waals surface area contributed by atoms with Gasteiger partial charge in [0.2, 0.25) is 23.6 Å². The molecule has 0 aliphatic heterocycles. The van der Waals surface area contributed by atoms with Crippen LogP contribution in [0.2, 0.25) is 0 Å². The van der Waals surface area contributed by atoms with Gasteiger partial charge in [0.25, 0.3) is 0 Å². The molecule has 0 radical (unpaired) electrons. The summed E-state index contributed by atoms with van der Waals surface area (Å²) in [7, 11) is 0. The summed E-state index contributed by atoms with van der Waals surface area (Å²) in [5.41, 5.74) is 14.8. The van der Waals surface area contributed by atoms with Gasteiger partial charge in [-0.1, -0.05) is 56.7 Å². The average molecular weight is 618 g/mol. The number of carbonyl (C=O) groups is 5. The van der Waals surface area contributed by atoms with Crippen LogP contribution >= 0.6 is 0 Å². The molecule has 5 unspecified atom stereocenters. The van der Waals surface area contributed by atoms with E-state index in [4.69, 9.17) is 11.5 Å². The van der Waals surface area contributed by atoms with Crippen LogP contribution in [-0.4, -0.2) is 68.8 Å². The lowest BCUT2D eigenvalue weighted by atomic mass is 9.96. The number of fused-ring (bicyclic) bond motifs is 2. The van der Waals surface area contributed by atoms with Crippen LogP contribution in [0.5, 0.6) is 0 Å². The number of para-hydroxylation sites is 2. The number of aromatic nitrogens is 2. The van der Waals surface area contributed by atoms with Gasteiger partial charge in [-0.05, 0) is 35.6 Å². The molecule has 0 bridgehead atoms. The Kier molecular flexibility index (Phi) is 10.6. The van der Waals surface area contributed by atoms with E-state index in [0.717, 1.165) is 27.4 Å². The molecule has 13 heteroatoms. The molecule has 238 valence electrons. The van der Waals surface area contributed by atoms with Crippen molar-refractivity contribution in [3.63, 3.8) is 0 Å². The second kappa shape index (κ2) is 14.5. The lowest BCUT2D eigenvalue weighted by molar-refractivity contribution is -0.142. The molecular weight excluding hydrogens is 578 g/mol. The van der Waals surface area contributed by atoms with Gasteiger partial charge in [0.15, 0.2) is 0 Å². The van der Waals surface area contributed by atoms with E-state index in [1.54, 1.807) is 19.3 Å². The van der Waals surface area contributed by atoms with Crippen molar-refractivity contribution in [1.82, 2.24) is 25.9 Å². The fourth-order valence-corrected chi connectivity index (χ4v) is 5.26. The van der Waals surface area contributed by atoms with Gasteiger partial charge in [-0.25, -0.2) is 4.79 Å². The zero-order valence-electron chi connectivity index (χ0n) is 25.1. The van der Waals surface area contributed by atoms with Crippen molar-refractivity contribution in [3.05, 3.63) is 72.1 Å². The van der Waals surface area contributed by atoms with Gasteiger partial charge in [-0.15, -0.1) is 0 Å². The summed E-state index contributed by atoms with van der Waals surface area (Å²) < 4.78 is 0. The average Bonchev–Trinajstić information content (AvgIpc) is 3.62. The lowest BCUT2D eigenvalue weighted by Crippen LogP contribution is -2.59. The number of aromatic amines is 2. The molecule has 5 atom stereocenters. The van der Waals surface area contributed by atoms with Gasteiger partial charge in [-0.2, -0.15) is 0 Å². The number of hydrogen-bond donors (Lipinski definition) is 8. The number of hydrogen-bond acceptors (Lipinski definition) is 6. The monoisotopic (exact) mass is 617 g/mol. The van der Waals surface area contributed by atoms with Crippen LogP contribution in [0.1, 0.15) is 37.8 Å². The van der Waals surface area contributed by atoms with Gasteiger partial charge in [0.05, 0.1) is 12.5 Å². The largest absolute Gasteiger partial charge is 0.480 e. The highest BCUT2D eigenvalue weighted by atomic mass is 16.4. The molecule has 0 aliphatic rings. The Morgan fingerprint density at radius 2 is 1.31 bits per heavy atom. The maximum Gasteiger partial charge on any atom is 0.326 e. The van der Waals surface area contributed by atoms with Crippen LogP contribution < -0.4 is 27.4 Å². The predicted octanol–water partition coefficient (Wildman–Crippen LogP) is 1.22. The molecule has 2 aromatic carbocycles. The van der Waals surface area contributed by atoms with Crippen molar-refractivity contribution >= 4 is 51.4 Å². The first-order valence-corrected chi connectivity index (χ1v) is 14.8. The standard InChI is InChI=1S/C32H39N7O6/c1-3-17(2)28(39-29(41)22(33)12-18-15-35-23-10-6-4-8-20(18)23)31(43)37-25(14-27(34)40)30(42)38-26(32(44)45)13-19-16-36-24-11-7-5-9-21(19)24/h4-11,15-17,22,25-26,28,35-36H,3,12-14,33H2,1-2H3,(H2,34,40)(H,37,43)(H,38,42)(H,39,41)(H,44,45). The minimum absolute atomic E-state index is 0.0534. The van der Waals surface area contributed by atoms with Crippen LogP contribution in [0.4, 0.5) is 0 Å². The third-order valence-corrected chi connectivity index (χ3v) is 8.00. The van der Waals surface area contributed by atoms with Gasteiger partial charge >= 0.3 is 5.97 Å². The number of nitrogens with two attached hydrogens (primary N) is 2. The zero-order valence-corrected chi connectivity index (χ0v) is 25.1. The predicted molar refractivity (Wildman–Crippen MR) is 169 cm³/mol. The van der Waals surface area contributed by atoms with Crippen molar-refractivity contribution in [2.45, 2.75) is 63.7 Å². The van der Waals surface area contributed by atoms with Crippen molar-refractivity contribution in [1.29, 1.82) is 0 Å². The fraction of sp³-hybridized carbons (Fsp3) is 0.344. The van der Waals surface area contributed by atoms with E-state index in [9.17, 15) is 29.1 Å². The summed E-state index contributed by atoms with van der Waals surface area (Å²) in [6.07, 6.45) is 3.52. The maximum absolute atomic E-state index is 13.5. The smallest absolute Gasteiger partial charge is 0.326 e. The number of nitrogens with one attached hydrogen (secondary N) is 5. The molecule has 0 saturated heterocycles. The first kappa shape index (κ1) is 32.7. The number of carbonyl (C=O) groups excluding carboxylic acids is 4. The Labute approximate surface area is 259 Å². The van der Waals surface area contributed by atoms with E-state index >= 15 is 0 Å². The van der Waals surface area contributed by atoms with Crippen molar-refractivity contribution < 1.29 is 29.1 Å². The number of amides is 4. The van der Waals surface area contributed by atoms with Gasteiger partial charge in [0, 0.05) is 40.6 Å². The van der Waals surface area contributed by atoms with Crippen molar-refractivity contribution in [2.75, 3.05) is 0 Å². The number of carboxylic acids is 1. The fourth-order valence-electron chi connectivity index (χ4n) is 5.26. The Hall–Kier alpha value is -5.17. The molecule has 13 nitrogen and oxygen atoms in total. The van der Waals surface area contributed by atoms with Crippen molar-refractivity contribution in [3.8, 4) is 0 Å². The number of carboxylic acid groups (broad SMARTS) is 1. The highest BCUT2D eigenvalue weighted by molar-refractivity contribution is 5.96. The Bertz CT molecular complexity index is 1700. The van der Waals surface area contributed by atoms with Crippen LogP contribution in [0.25, 0.3) is 21.8 Å². The van der Waals surface area contributed by atoms with E-state index < -0.39 is 60.2 Å². The van der Waals surface area contributed by atoms with E-state index in [-0.39, 0.29) is 18.8 Å². The summed E-state index contributed by atoms with van der Waals surface area (Å²) in [5.74, 6) is -4.77. The normalized spacial score (nSPS) is 14.6. The van der Waals surface area contributed by atoms with E-state index in [0.29, 0.717) is 12.0 Å². The molecule has 4 rings (SSSR count). The summed E-state index contributed by atoms with van der Waals surface area (Å²) >= 11 is 0.